The molecule has 1 N–H and O–H groups in total. The summed E-state index contributed by atoms with van der Waals surface area (Å²) in [4.78, 5) is 12.3. The molecule has 1 aromatic rings. The molecule has 2 fully saturated rings. The van der Waals surface area contributed by atoms with Crippen LogP contribution >= 0.6 is 0 Å². The monoisotopic (exact) mass is 316 g/mol. The van der Waals surface area contributed by atoms with E-state index in [1.165, 1.54) is 25.7 Å². The fourth-order valence-corrected chi connectivity index (χ4v) is 4.02. The number of methoxy groups -OCH3 is 2. The third-order valence-electron chi connectivity index (χ3n) is 5.25. The minimum absolute atomic E-state index is 0.228. The second-order valence-electron chi connectivity index (χ2n) is 6.55. The zero-order valence-corrected chi connectivity index (χ0v) is 14.0. The van der Waals surface area contributed by atoms with Crippen LogP contribution in [0.2, 0.25) is 0 Å². The summed E-state index contributed by atoms with van der Waals surface area (Å²) in [5.41, 5.74) is 4.23. The largest absolute Gasteiger partial charge is 0.493 e. The lowest BCUT2D eigenvalue weighted by atomic mass is 9.86. The van der Waals surface area contributed by atoms with Crippen molar-refractivity contribution in [2.45, 2.75) is 32.6 Å². The van der Waals surface area contributed by atoms with E-state index in [4.69, 9.17) is 9.47 Å². The summed E-state index contributed by atoms with van der Waals surface area (Å²) >= 11 is 0. The number of amides is 1. The summed E-state index contributed by atoms with van der Waals surface area (Å²) in [6.07, 6.45) is 5.24. The maximum Gasteiger partial charge on any atom is 0.271 e. The molecule has 5 heteroatoms. The van der Waals surface area contributed by atoms with Gasteiger partial charge >= 0.3 is 0 Å². The van der Waals surface area contributed by atoms with E-state index in [0.717, 1.165) is 17.5 Å². The highest BCUT2D eigenvalue weighted by Gasteiger charge is 2.40. The molecule has 3 rings (SSSR count). The molecule has 1 aromatic carbocycles. The van der Waals surface area contributed by atoms with Gasteiger partial charge in [-0.3, -0.25) is 4.79 Å². The molecule has 0 spiro atoms. The minimum atomic E-state index is -0.228. The van der Waals surface area contributed by atoms with Gasteiger partial charge in [-0.2, -0.15) is 5.10 Å². The molecule has 0 heterocycles. The Labute approximate surface area is 137 Å². The second-order valence-corrected chi connectivity index (χ2v) is 6.55. The smallest absolute Gasteiger partial charge is 0.271 e. The first-order valence-electron chi connectivity index (χ1n) is 8.19. The van der Waals surface area contributed by atoms with E-state index in [2.05, 4.69) is 10.5 Å². The van der Waals surface area contributed by atoms with Crippen molar-refractivity contribution in [2.24, 2.45) is 22.9 Å². The van der Waals surface area contributed by atoms with Gasteiger partial charge in [-0.15, -0.1) is 0 Å². The Balaban J connectivity index is 1.66. The first-order chi connectivity index (χ1) is 11.1. The number of carbonyl (C=O) groups is 1. The fraction of sp³-hybridized carbons (Fsp3) is 0.556. The van der Waals surface area contributed by atoms with E-state index in [1.807, 2.05) is 6.92 Å². The van der Waals surface area contributed by atoms with Gasteiger partial charge < -0.3 is 9.47 Å². The second kappa shape index (κ2) is 6.60. The van der Waals surface area contributed by atoms with Crippen LogP contribution < -0.4 is 14.9 Å². The number of hydrogen-bond donors (Lipinski definition) is 1. The lowest BCUT2D eigenvalue weighted by molar-refractivity contribution is 0.0954. The van der Waals surface area contributed by atoms with E-state index in [9.17, 15) is 4.79 Å². The zero-order valence-electron chi connectivity index (χ0n) is 14.0. The molecule has 1 amide bonds. The number of carbonyl (C=O) groups excluding carboxylic acids is 1. The third kappa shape index (κ3) is 3.19. The standard InChI is InChI=1S/C18H24N2O3/c1-11(15-9-12-4-5-13(15)8-12)19-20-18(21)14-6-7-16(22-2)17(10-14)23-3/h6-7,10,12-13,15H,4-5,8-9H2,1-3H3,(H,20,21). The molecule has 0 aromatic heterocycles. The predicted molar refractivity (Wildman–Crippen MR) is 89.1 cm³/mol. The van der Waals surface area contributed by atoms with E-state index < -0.39 is 0 Å². The summed E-state index contributed by atoms with van der Waals surface area (Å²) < 4.78 is 10.4. The Kier molecular flexibility index (Phi) is 4.55. The summed E-state index contributed by atoms with van der Waals surface area (Å²) in [7, 11) is 3.12. The molecule has 3 atom stereocenters. The van der Waals surface area contributed by atoms with Crippen LogP contribution in [0.1, 0.15) is 43.0 Å². The Morgan fingerprint density at radius 2 is 1.96 bits per heavy atom. The van der Waals surface area contributed by atoms with E-state index in [-0.39, 0.29) is 5.91 Å². The van der Waals surface area contributed by atoms with Crippen LogP contribution in [0.15, 0.2) is 23.3 Å². The topological polar surface area (TPSA) is 59.9 Å². The lowest BCUT2D eigenvalue weighted by Crippen LogP contribution is -2.24. The van der Waals surface area contributed by atoms with Crippen LogP contribution in [0, 0.1) is 17.8 Å². The van der Waals surface area contributed by atoms with Crippen molar-refractivity contribution >= 4 is 11.6 Å². The Bertz CT molecular complexity index is 627. The summed E-state index contributed by atoms with van der Waals surface area (Å²) in [6, 6.07) is 5.09. The van der Waals surface area contributed by atoms with Gasteiger partial charge in [-0.25, -0.2) is 5.43 Å². The number of nitrogens with zero attached hydrogens (tertiary/aromatic N) is 1. The average molecular weight is 316 g/mol. The van der Waals surface area contributed by atoms with Gasteiger partial charge in [-0.1, -0.05) is 6.42 Å². The SMILES string of the molecule is COc1ccc(C(=O)NN=C(C)C2CC3CCC2C3)cc1OC. The number of rotatable bonds is 5. The molecule has 5 nitrogen and oxygen atoms in total. The Hall–Kier alpha value is -2.04. The molecule has 0 aliphatic heterocycles. The third-order valence-corrected chi connectivity index (χ3v) is 5.25. The molecular weight excluding hydrogens is 292 g/mol. The van der Waals surface area contributed by atoms with Gasteiger partial charge in [0.15, 0.2) is 11.5 Å². The molecule has 2 saturated carbocycles. The zero-order chi connectivity index (χ0) is 16.4. The van der Waals surface area contributed by atoms with E-state index in [1.54, 1.807) is 32.4 Å². The lowest BCUT2D eigenvalue weighted by Gasteiger charge is -2.21. The maximum absolute atomic E-state index is 12.3. The van der Waals surface area contributed by atoms with Crippen molar-refractivity contribution in [1.29, 1.82) is 0 Å². The van der Waals surface area contributed by atoms with Crippen molar-refractivity contribution in [3.63, 3.8) is 0 Å². The molecule has 124 valence electrons. The highest BCUT2D eigenvalue weighted by Crippen LogP contribution is 2.48. The van der Waals surface area contributed by atoms with E-state index in [0.29, 0.717) is 23.0 Å². The Morgan fingerprint density at radius 1 is 1.17 bits per heavy atom. The van der Waals surface area contributed by atoms with Crippen LogP contribution in [0.5, 0.6) is 11.5 Å². The van der Waals surface area contributed by atoms with Gasteiger partial charge in [0.25, 0.3) is 5.91 Å². The van der Waals surface area contributed by atoms with Gasteiger partial charge in [0.1, 0.15) is 0 Å². The molecule has 2 aliphatic carbocycles. The molecule has 2 bridgehead atoms. The van der Waals surface area contributed by atoms with Gasteiger partial charge in [0, 0.05) is 17.2 Å². The summed E-state index contributed by atoms with van der Waals surface area (Å²) in [6.45, 7) is 2.03. The van der Waals surface area contributed by atoms with Crippen molar-refractivity contribution < 1.29 is 14.3 Å². The van der Waals surface area contributed by atoms with Gasteiger partial charge in [0.2, 0.25) is 0 Å². The molecular formula is C18H24N2O3. The highest BCUT2D eigenvalue weighted by atomic mass is 16.5. The normalized spacial score (nSPS) is 26.2. The van der Waals surface area contributed by atoms with Crippen LogP contribution in [-0.2, 0) is 0 Å². The number of nitrogens with one attached hydrogen (secondary N) is 1. The van der Waals surface area contributed by atoms with Crippen LogP contribution in [0.25, 0.3) is 0 Å². The average Bonchev–Trinajstić information content (AvgIpc) is 3.21. The number of benzene rings is 1. The first-order valence-corrected chi connectivity index (χ1v) is 8.19. The van der Waals surface area contributed by atoms with Crippen LogP contribution in [-0.4, -0.2) is 25.8 Å². The van der Waals surface area contributed by atoms with Gasteiger partial charge in [-0.05, 0) is 56.2 Å². The summed E-state index contributed by atoms with van der Waals surface area (Å²) in [5, 5.41) is 4.34. The minimum Gasteiger partial charge on any atom is -0.493 e. The number of fused-ring (bicyclic) bond motifs is 2. The van der Waals surface area contributed by atoms with Crippen molar-refractivity contribution in [3.8, 4) is 11.5 Å². The fourth-order valence-electron chi connectivity index (χ4n) is 4.02. The molecule has 0 saturated heterocycles. The first kappa shape index (κ1) is 15.8. The van der Waals surface area contributed by atoms with E-state index >= 15 is 0 Å². The predicted octanol–water partition coefficient (Wildman–Crippen LogP) is 3.25. The van der Waals surface area contributed by atoms with Crippen molar-refractivity contribution in [2.75, 3.05) is 14.2 Å². The quantitative estimate of drug-likeness (QED) is 0.670. The highest BCUT2D eigenvalue weighted by molar-refractivity contribution is 5.96. The molecule has 2 aliphatic rings. The van der Waals surface area contributed by atoms with Gasteiger partial charge in [0.05, 0.1) is 14.2 Å². The van der Waals surface area contributed by atoms with Crippen LogP contribution in [0.4, 0.5) is 0 Å². The molecule has 23 heavy (non-hydrogen) atoms. The Morgan fingerprint density at radius 3 is 2.57 bits per heavy atom. The summed E-state index contributed by atoms with van der Waals surface area (Å²) in [5.74, 6) is 3.09. The molecule has 0 radical (unpaired) electrons. The number of ether oxygens (including phenoxy) is 2. The molecule has 3 unspecified atom stereocenters. The number of hydrogen-bond acceptors (Lipinski definition) is 4. The van der Waals surface area contributed by atoms with Crippen molar-refractivity contribution in [1.82, 2.24) is 5.43 Å². The van der Waals surface area contributed by atoms with Crippen molar-refractivity contribution in [3.05, 3.63) is 23.8 Å². The maximum atomic E-state index is 12.3. The van der Waals surface area contributed by atoms with Crippen LogP contribution in [0.3, 0.4) is 0 Å². The number of hydrazone groups is 1.